The molecule has 0 amide bonds. The lowest BCUT2D eigenvalue weighted by molar-refractivity contribution is 0.105. The molecule has 0 spiro atoms. The van der Waals surface area contributed by atoms with Gasteiger partial charge in [0.2, 0.25) is 5.79 Å². The lowest BCUT2D eigenvalue weighted by Crippen LogP contribution is -2.43. The average molecular weight is 397 g/mol. The Bertz CT molecular complexity index is 1130. The Hall–Kier alpha value is -3.47. The lowest BCUT2D eigenvalue weighted by Gasteiger charge is -2.27. The Morgan fingerprint density at radius 1 is 1.24 bits per heavy atom. The molecule has 1 atom stereocenters. The number of nitrogens with one attached hydrogen (secondary N) is 1. The summed E-state index contributed by atoms with van der Waals surface area (Å²) in [5.74, 6) is -2.63. The highest BCUT2D eigenvalue weighted by Gasteiger charge is 2.37. The Morgan fingerprint density at radius 2 is 2.10 bits per heavy atom. The normalized spacial score (nSPS) is 21.8. The van der Waals surface area contributed by atoms with Crippen molar-refractivity contribution in [1.29, 1.82) is 0 Å². The van der Waals surface area contributed by atoms with Crippen LogP contribution in [-0.4, -0.2) is 48.1 Å². The van der Waals surface area contributed by atoms with Crippen LogP contribution in [0.15, 0.2) is 48.7 Å². The molecular weight excluding hydrogens is 380 g/mol. The summed E-state index contributed by atoms with van der Waals surface area (Å²) < 4.78 is 31.9. The van der Waals surface area contributed by atoms with Crippen LogP contribution in [0, 0.1) is 0 Å². The predicted molar refractivity (Wildman–Crippen MR) is 101 cm³/mol. The van der Waals surface area contributed by atoms with Crippen molar-refractivity contribution in [2.45, 2.75) is 18.3 Å². The molecule has 5 rings (SSSR count). The molecule has 9 nitrogen and oxygen atoms in total. The topological polar surface area (TPSA) is 112 Å². The molecule has 1 fully saturated rings. The first-order valence-corrected chi connectivity index (χ1v) is 9.06. The van der Waals surface area contributed by atoms with Gasteiger partial charge < -0.3 is 11.1 Å². The highest BCUT2D eigenvalue weighted by atomic mass is 19.2. The third-order valence-corrected chi connectivity index (χ3v) is 5.10. The number of nitrogens with zero attached hydrogens (tertiary/aromatic N) is 7. The molecule has 1 unspecified atom stereocenters. The van der Waals surface area contributed by atoms with E-state index in [1.807, 2.05) is 10.9 Å². The number of pyridine rings is 1. The number of hydrogen-bond donors (Lipinski definition) is 2. The number of nitrogens with two attached hydrogens (primary N) is 1. The molecule has 0 bridgehead atoms. The number of allylic oxidation sites excluding steroid dienone is 4. The van der Waals surface area contributed by atoms with Crippen molar-refractivity contribution in [1.82, 2.24) is 40.3 Å². The average Bonchev–Trinajstić information content (AvgIpc) is 3.31. The van der Waals surface area contributed by atoms with Crippen LogP contribution in [0.2, 0.25) is 0 Å². The van der Waals surface area contributed by atoms with Crippen LogP contribution in [0.25, 0.3) is 22.5 Å². The number of anilines is 1. The summed E-state index contributed by atoms with van der Waals surface area (Å²) in [5.41, 5.74) is 7.96. The van der Waals surface area contributed by atoms with Crippen molar-refractivity contribution in [2.24, 2.45) is 0 Å². The number of tetrazole rings is 1. The van der Waals surface area contributed by atoms with Gasteiger partial charge in [0, 0.05) is 36.6 Å². The number of hydrogen-bond acceptors (Lipinski definition) is 7. The van der Waals surface area contributed by atoms with Gasteiger partial charge >= 0.3 is 0 Å². The fraction of sp³-hybridized carbons (Fsp3) is 0.278. The van der Waals surface area contributed by atoms with Gasteiger partial charge in [0.05, 0.1) is 24.2 Å². The van der Waals surface area contributed by atoms with Gasteiger partial charge in [-0.15, -0.1) is 5.10 Å². The van der Waals surface area contributed by atoms with Gasteiger partial charge in [0.15, 0.2) is 5.82 Å². The van der Waals surface area contributed by atoms with Gasteiger partial charge in [-0.05, 0) is 28.6 Å². The van der Waals surface area contributed by atoms with Gasteiger partial charge in [-0.3, -0.25) is 4.68 Å². The standard InChI is InChI=1S/C18H17F2N9/c19-13-2-1-3-18(20,5-13)29-17(25-26-27-29)15-4-11(6-23-16(15)21)12-7-24-28(10-12)14-8-22-9-14/h1-4,6-7,10,14,22H,5,8-9H2,(H2,21,23). The number of halogens is 2. The maximum atomic E-state index is 15.4. The number of alkyl halides is 1. The first-order chi connectivity index (χ1) is 14.0. The monoisotopic (exact) mass is 397 g/mol. The molecule has 0 radical (unpaired) electrons. The van der Waals surface area contributed by atoms with Crippen LogP contribution in [-0.2, 0) is 5.79 Å². The third-order valence-electron chi connectivity index (χ3n) is 5.10. The van der Waals surface area contributed by atoms with Gasteiger partial charge in [-0.25, -0.2) is 13.8 Å². The molecule has 29 heavy (non-hydrogen) atoms. The molecule has 0 aromatic carbocycles. The van der Waals surface area contributed by atoms with E-state index in [0.717, 1.165) is 28.9 Å². The fourth-order valence-corrected chi connectivity index (χ4v) is 3.37. The second kappa shape index (κ2) is 6.55. The Labute approximate surface area is 163 Å². The summed E-state index contributed by atoms with van der Waals surface area (Å²) in [5, 5.41) is 18.8. The summed E-state index contributed by atoms with van der Waals surface area (Å²) in [6.07, 6.45) is 8.48. The van der Waals surface area contributed by atoms with Crippen molar-refractivity contribution >= 4 is 5.82 Å². The maximum Gasteiger partial charge on any atom is 0.230 e. The van der Waals surface area contributed by atoms with Crippen molar-refractivity contribution in [3.05, 3.63) is 48.7 Å². The summed E-state index contributed by atoms with van der Waals surface area (Å²) >= 11 is 0. The SMILES string of the molecule is Nc1ncc(-c2cnn(C3CNC3)c2)cc1-c1nnnn1C1(F)C=CC=C(F)C1. The summed E-state index contributed by atoms with van der Waals surface area (Å²) in [6.45, 7) is 1.75. The maximum absolute atomic E-state index is 15.4. The quantitative estimate of drug-likeness (QED) is 0.690. The summed E-state index contributed by atoms with van der Waals surface area (Å²) in [7, 11) is 0. The van der Waals surface area contributed by atoms with Crippen molar-refractivity contribution < 1.29 is 8.78 Å². The molecular formula is C18H17F2N9. The van der Waals surface area contributed by atoms with Crippen LogP contribution in [0.4, 0.5) is 14.6 Å². The third kappa shape index (κ3) is 2.99. The first kappa shape index (κ1) is 17.6. The zero-order valence-corrected chi connectivity index (χ0v) is 15.2. The molecule has 3 aromatic rings. The van der Waals surface area contributed by atoms with E-state index in [1.54, 1.807) is 18.5 Å². The largest absolute Gasteiger partial charge is 0.383 e. The van der Waals surface area contributed by atoms with Gasteiger partial charge in [-0.2, -0.15) is 9.78 Å². The highest BCUT2D eigenvalue weighted by Crippen LogP contribution is 2.36. The summed E-state index contributed by atoms with van der Waals surface area (Å²) in [4.78, 5) is 4.22. The van der Waals surface area contributed by atoms with Crippen molar-refractivity contribution in [2.75, 3.05) is 18.8 Å². The van der Waals surface area contributed by atoms with Gasteiger partial charge in [0.25, 0.3) is 0 Å². The van der Waals surface area contributed by atoms with E-state index in [1.165, 1.54) is 18.2 Å². The second-order valence-corrected chi connectivity index (χ2v) is 7.06. The molecule has 2 aliphatic rings. The van der Waals surface area contributed by atoms with E-state index in [9.17, 15) is 4.39 Å². The summed E-state index contributed by atoms with van der Waals surface area (Å²) in [6, 6.07) is 2.05. The molecule has 1 aliphatic heterocycles. The Kier molecular flexibility index (Phi) is 3.98. The van der Waals surface area contributed by atoms with Crippen molar-refractivity contribution in [3.8, 4) is 22.5 Å². The number of aromatic nitrogens is 7. The van der Waals surface area contributed by atoms with Crippen LogP contribution >= 0.6 is 0 Å². The van der Waals surface area contributed by atoms with Crippen LogP contribution in [0.3, 0.4) is 0 Å². The Morgan fingerprint density at radius 3 is 2.86 bits per heavy atom. The molecule has 0 saturated carbocycles. The highest BCUT2D eigenvalue weighted by molar-refractivity contribution is 5.75. The molecule has 3 aromatic heterocycles. The second-order valence-electron chi connectivity index (χ2n) is 7.06. The molecule has 1 aliphatic carbocycles. The number of rotatable bonds is 4. The van der Waals surface area contributed by atoms with E-state index in [4.69, 9.17) is 5.73 Å². The molecule has 11 heteroatoms. The number of nitrogen functional groups attached to an aromatic ring is 1. The van der Waals surface area contributed by atoms with Gasteiger partial charge in [-0.1, -0.05) is 6.08 Å². The first-order valence-electron chi connectivity index (χ1n) is 9.06. The Balaban J connectivity index is 1.54. The van der Waals surface area contributed by atoms with E-state index in [-0.39, 0.29) is 11.6 Å². The van der Waals surface area contributed by atoms with Crippen LogP contribution < -0.4 is 11.1 Å². The molecule has 1 saturated heterocycles. The van der Waals surface area contributed by atoms with E-state index in [2.05, 4.69) is 30.9 Å². The minimum Gasteiger partial charge on any atom is -0.383 e. The zero-order valence-electron chi connectivity index (χ0n) is 15.2. The van der Waals surface area contributed by atoms with E-state index >= 15 is 4.39 Å². The fourth-order valence-electron chi connectivity index (χ4n) is 3.37. The van der Waals surface area contributed by atoms with E-state index < -0.39 is 18.0 Å². The minimum absolute atomic E-state index is 0.0642. The van der Waals surface area contributed by atoms with Crippen LogP contribution in [0.1, 0.15) is 12.5 Å². The smallest absolute Gasteiger partial charge is 0.230 e. The van der Waals surface area contributed by atoms with Crippen LogP contribution in [0.5, 0.6) is 0 Å². The van der Waals surface area contributed by atoms with Gasteiger partial charge in [0.1, 0.15) is 11.6 Å². The zero-order chi connectivity index (χ0) is 20.0. The van der Waals surface area contributed by atoms with E-state index in [0.29, 0.717) is 11.6 Å². The molecule has 3 N–H and O–H groups in total. The molecule has 148 valence electrons. The van der Waals surface area contributed by atoms with Crippen molar-refractivity contribution in [3.63, 3.8) is 0 Å². The minimum atomic E-state index is -2.23. The lowest BCUT2D eigenvalue weighted by atomic mass is 10.0. The predicted octanol–water partition coefficient (Wildman–Crippen LogP) is 1.76. The molecule has 4 heterocycles.